The molecular weight excluding hydrogens is 371 g/mol. The predicted octanol–water partition coefficient (Wildman–Crippen LogP) is 4.85. The Kier molecular flexibility index (Phi) is 6.49. The molecule has 1 atom stereocenters. The lowest BCUT2D eigenvalue weighted by atomic mass is 10.0. The Labute approximate surface area is 155 Å². The quantitative estimate of drug-likeness (QED) is 0.772. The van der Waals surface area contributed by atoms with E-state index >= 15 is 0 Å². The molecule has 0 saturated carbocycles. The van der Waals surface area contributed by atoms with Crippen molar-refractivity contribution in [2.24, 2.45) is 0 Å². The summed E-state index contributed by atoms with van der Waals surface area (Å²) in [5, 5.41) is 6.89. The summed E-state index contributed by atoms with van der Waals surface area (Å²) in [6.45, 7) is 1.40. The minimum atomic E-state index is -0.474. The van der Waals surface area contributed by atoms with Crippen molar-refractivity contribution in [3.8, 4) is 0 Å². The van der Waals surface area contributed by atoms with Gasteiger partial charge in [0, 0.05) is 17.0 Å². The maximum Gasteiger partial charge on any atom is 0.226 e. The zero-order chi connectivity index (χ0) is 17.7. The van der Waals surface area contributed by atoms with E-state index in [0.29, 0.717) is 20.8 Å². The van der Waals surface area contributed by atoms with Gasteiger partial charge < -0.3 is 10.6 Å². The Morgan fingerprint density at radius 1 is 1.00 bits per heavy atom. The first-order chi connectivity index (χ1) is 11.3. The highest BCUT2D eigenvalue weighted by Crippen LogP contribution is 2.26. The van der Waals surface area contributed by atoms with E-state index in [9.17, 15) is 9.59 Å². The van der Waals surface area contributed by atoms with Gasteiger partial charge in [0.2, 0.25) is 11.8 Å². The maximum atomic E-state index is 12.3. The monoisotopic (exact) mass is 384 g/mol. The molecule has 0 spiro atoms. The van der Waals surface area contributed by atoms with Crippen molar-refractivity contribution in [1.82, 2.24) is 5.32 Å². The van der Waals surface area contributed by atoms with Crippen molar-refractivity contribution in [3.63, 3.8) is 0 Å². The third kappa shape index (κ3) is 5.41. The van der Waals surface area contributed by atoms with Crippen molar-refractivity contribution in [3.05, 3.63) is 63.1 Å². The average molecular weight is 386 g/mol. The number of nitrogens with one attached hydrogen (secondary N) is 2. The normalized spacial score (nSPS) is 11.7. The molecule has 126 valence electrons. The van der Waals surface area contributed by atoms with E-state index in [1.165, 1.54) is 6.92 Å². The molecule has 1 unspecified atom stereocenters. The molecule has 2 aromatic rings. The summed E-state index contributed by atoms with van der Waals surface area (Å²) in [5.41, 5.74) is 1.20. The van der Waals surface area contributed by atoms with Crippen LogP contribution in [0.25, 0.3) is 0 Å². The van der Waals surface area contributed by atoms with Gasteiger partial charge in [-0.15, -0.1) is 0 Å². The standard InChI is InChI=1S/C17H15Cl3N2O2/c1-10(23)21-15(11-2-4-12(18)5-3-11)9-17(24)22-16-8-13(19)6-7-14(16)20/h2-8,15H,9H2,1H3,(H,21,23)(H,22,24). The first-order valence-electron chi connectivity index (χ1n) is 7.12. The molecule has 2 rings (SSSR count). The van der Waals surface area contributed by atoms with E-state index in [-0.39, 0.29) is 18.2 Å². The van der Waals surface area contributed by atoms with E-state index in [4.69, 9.17) is 34.8 Å². The maximum absolute atomic E-state index is 12.3. The van der Waals surface area contributed by atoms with Crippen molar-refractivity contribution in [1.29, 1.82) is 0 Å². The zero-order valence-electron chi connectivity index (χ0n) is 12.8. The number of carbonyl (C=O) groups is 2. The first kappa shape index (κ1) is 18.6. The van der Waals surface area contributed by atoms with Crippen LogP contribution in [-0.2, 0) is 9.59 Å². The van der Waals surface area contributed by atoms with Gasteiger partial charge in [0.25, 0.3) is 0 Å². The van der Waals surface area contributed by atoms with Gasteiger partial charge in [0.15, 0.2) is 0 Å². The van der Waals surface area contributed by atoms with Crippen LogP contribution in [0.15, 0.2) is 42.5 Å². The molecule has 2 amide bonds. The van der Waals surface area contributed by atoms with Crippen LogP contribution in [0, 0.1) is 0 Å². The minimum Gasteiger partial charge on any atom is -0.349 e. The summed E-state index contributed by atoms with van der Waals surface area (Å²) in [6, 6.07) is 11.3. The Morgan fingerprint density at radius 2 is 1.62 bits per heavy atom. The summed E-state index contributed by atoms with van der Waals surface area (Å²) in [5.74, 6) is -0.531. The van der Waals surface area contributed by atoms with Crippen molar-refractivity contribution in [2.75, 3.05) is 5.32 Å². The Morgan fingerprint density at radius 3 is 2.25 bits per heavy atom. The second kappa shape index (κ2) is 8.38. The van der Waals surface area contributed by atoms with Gasteiger partial charge in [-0.05, 0) is 35.9 Å². The molecule has 4 nitrogen and oxygen atoms in total. The number of benzene rings is 2. The molecule has 2 N–H and O–H groups in total. The first-order valence-corrected chi connectivity index (χ1v) is 8.26. The summed E-state index contributed by atoms with van der Waals surface area (Å²) in [7, 11) is 0. The van der Waals surface area contributed by atoms with Gasteiger partial charge in [-0.1, -0.05) is 46.9 Å². The molecule has 0 saturated heterocycles. The van der Waals surface area contributed by atoms with Crippen LogP contribution in [0.2, 0.25) is 15.1 Å². The largest absolute Gasteiger partial charge is 0.349 e. The fourth-order valence-corrected chi connectivity index (χ4v) is 2.64. The van der Waals surface area contributed by atoms with Gasteiger partial charge in [0.1, 0.15) is 0 Å². The number of hydrogen-bond acceptors (Lipinski definition) is 2. The topological polar surface area (TPSA) is 58.2 Å². The highest BCUT2D eigenvalue weighted by atomic mass is 35.5. The third-order valence-electron chi connectivity index (χ3n) is 3.24. The highest BCUT2D eigenvalue weighted by Gasteiger charge is 2.18. The molecule has 7 heteroatoms. The summed E-state index contributed by atoms with van der Waals surface area (Å²) >= 11 is 17.8. The molecule has 0 aromatic heterocycles. The Bertz CT molecular complexity index is 748. The molecule has 24 heavy (non-hydrogen) atoms. The van der Waals surface area contributed by atoms with E-state index in [1.54, 1.807) is 42.5 Å². The van der Waals surface area contributed by atoms with Crippen LogP contribution in [0.1, 0.15) is 24.9 Å². The van der Waals surface area contributed by atoms with Crippen LogP contribution in [-0.4, -0.2) is 11.8 Å². The molecular formula is C17H15Cl3N2O2. The smallest absolute Gasteiger partial charge is 0.226 e. The third-order valence-corrected chi connectivity index (χ3v) is 4.06. The molecule has 0 bridgehead atoms. The lowest BCUT2D eigenvalue weighted by Crippen LogP contribution is -2.29. The average Bonchev–Trinajstić information content (AvgIpc) is 2.50. The van der Waals surface area contributed by atoms with E-state index in [2.05, 4.69) is 10.6 Å². The fourth-order valence-electron chi connectivity index (χ4n) is 2.17. The SMILES string of the molecule is CC(=O)NC(CC(=O)Nc1cc(Cl)ccc1Cl)c1ccc(Cl)cc1. The fraction of sp³-hybridized carbons (Fsp3) is 0.176. The van der Waals surface area contributed by atoms with E-state index in [1.807, 2.05) is 0 Å². The van der Waals surface area contributed by atoms with Crippen LogP contribution < -0.4 is 10.6 Å². The molecule has 0 heterocycles. The van der Waals surface area contributed by atoms with Crippen LogP contribution >= 0.6 is 34.8 Å². The summed E-state index contributed by atoms with van der Waals surface area (Å²) in [6.07, 6.45) is 0.0457. The number of anilines is 1. The van der Waals surface area contributed by atoms with Crippen LogP contribution in [0.4, 0.5) is 5.69 Å². The highest BCUT2D eigenvalue weighted by molar-refractivity contribution is 6.35. The number of carbonyl (C=O) groups excluding carboxylic acids is 2. The molecule has 0 fully saturated rings. The van der Waals surface area contributed by atoms with Crippen molar-refractivity contribution >= 4 is 52.3 Å². The second-order valence-electron chi connectivity index (χ2n) is 5.18. The van der Waals surface area contributed by atoms with Gasteiger partial charge >= 0.3 is 0 Å². The molecule has 0 aliphatic carbocycles. The van der Waals surface area contributed by atoms with Crippen molar-refractivity contribution in [2.45, 2.75) is 19.4 Å². The zero-order valence-corrected chi connectivity index (χ0v) is 15.0. The van der Waals surface area contributed by atoms with Gasteiger partial charge in [-0.25, -0.2) is 0 Å². The van der Waals surface area contributed by atoms with Gasteiger partial charge in [-0.3, -0.25) is 9.59 Å². The Hall–Kier alpha value is -1.75. The molecule has 0 aliphatic heterocycles. The number of rotatable bonds is 5. The van der Waals surface area contributed by atoms with E-state index < -0.39 is 6.04 Å². The Balaban J connectivity index is 2.13. The number of halogens is 3. The predicted molar refractivity (Wildman–Crippen MR) is 97.7 cm³/mol. The lowest BCUT2D eigenvalue weighted by molar-refractivity contribution is -0.120. The van der Waals surface area contributed by atoms with Gasteiger partial charge in [-0.2, -0.15) is 0 Å². The van der Waals surface area contributed by atoms with E-state index in [0.717, 1.165) is 5.56 Å². The minimum absolute atomic E-state index is 0.0457. The lowest BCUT2D eigenvalue weighted by Gasteiger charge is -2.18. The number of hydrogen-bond donors (Lipinski definition) is 2. The molecule has 2 aromatic carbocycles. The molecule has 0 aliphatic rings. The number of amides is 2. The van der Waals surface area contributed by atoms with Crippen LogP contribution in [0.3, 0.4) is 0 Å². The molecule has 0 radical (unpaired) electrons. The van der Waals surface area contributed by atoms with Crippen molar-refractivity contribution < 1.29 is 9.59 Å². The second-order valence-corrected chi connectivity index (χ2v) is 6.46. The van der Waals surface area contributed by atoms with Crippen LogP contribution in [0.5, 0.6) is 0 Å². The summed E-state index contributed by atoms with van der Waals surface area (Å²) < 4.78 is 0. The summed E-state index contributed by atoms with van der Waals surface area (Å²) in [4.78, 5) is 23.7. The van der Waals surface area contributed by atoms with Gasteiger partial charge in [0.05, 0.1) is 23.2 Å².